The molecule has 4 nitrogen and oxygen atoms in total. The molecule has 1 heterocycles. The van der Waals surface area contributed by atoms with E-state index in [2.05, 4.69) is 17.0 Å². The van der Waals surface area contributed by atoms with Crippen molar-refractivity contribution in [2.24, 2.45) is 0 Å². The second-order valence-corrected chi connectivity index (χ2v) is 6.54. The summed E-state index contributed by atoms with van der Waals surface area (Å²) in [5.41, 5.74) is 4.54. The van der Waals surface area contributed by atoms with Crippen molar-refractivity contribution in [2.75, 3.05) is 27.3 Å². The van der Waals surface area contributed by atoms with Gasteiger partial charge < -0.3 is 9.47 Å². The van der Waals surface area contributed by atoms with E-state index in [9.17, 15) is 4.79 Å². The first kappa shape index (κ1) is 17.5. The summed E-state index contributed by atoms with van der Waals surface area (Å²) in [5.74, 6) is 1.75. The molecule has 2 aromatic rings. The van der Waals surface area contributed by atoms with Crippen molar-refractivity contribution in [1.29, 1.82) is 0 Å². The first-order valence-corrected chi connectivity index (χ1v) is 8.66. The number of fused-ring (bicyclic) bond motifs is 1. The lowest BCUT2D eigenvalue weighted by Gasteiger charge is -2.29. The van der Waals surface area contributed by atoms with Crippen LogP contribution >= 0.6 is 0 Å². The average molecular weight is 339 g/mol. The highest BCUT2D eigenvalue weighted by atomic mass is 16.5. The van der Waals surface area contributed by atoms with Crippen LogP contribution in [0, 0.1) is 6.92 Å². The van der Waals surface area contributed by atoms with Gasteiger partial charge in [-0.3, -0.25) is 9.69 Å². The number of rotatable bonds is 6. The number of ether oxygens (including phenoxy) is 2. The van der Waals surface area contributed by atoms with E-state index in [0.29, 0.717) is 6.42 Å². The molecule has 1 aliphatic heterocycles. The molecule has 4 heteroatoms. The van der Waals surface area contributed by atoms with Gasteiger partial charge in [0.2, 0.25) is 0 Å². The summed E-state index contributed by atoms with van der Waals surface area (Å²) in [6.07, 6.45) is 1.51. The van der Waals surface area contributed by atoms with Gasteiger partial charge in [0.25, 0.3) is 0 Å². The second-order valence-electron chi connectivity index (χ2n) is 6.54. The molecule has 0 bridgehead atoms. The molecule has 0 saturated heterocycles. The first-order chi connectivity index (χ1) is 12.1. The van der Waals surface area contributed by atoms with Gasteiger partial charge in [0, 0.05) is 31.6 Å². The highest BCUT2D eigenvalue weighted by Gasteiger charge is 2.20. The van der Waals surface area contributed by atoms with Crippen LogP contribution in [0.25, 0.3) is 0 Å². The quantitative estimate of drug-likeness (QED) is 0.753. The Hall–Kier alpha value is -2.33. The van der Waals surface area contributed by atoms with Crippen molar-refractivity contribution in [1.82, 2.24) is 4.90 Å². The van der Waals surface area contributed by atoms with Crippen LogP contribution in [-0.2, 0) is 13.0 Å². The number of methoxy groups -OCH3 is 2. The maximum Gasteiger partial charge on any atom is 0.164 e. The van der Waals surface area contributed by atoms with E-state index in [1.165, 1.54) is 16.7 Å². The van der Waals surface area contributed by atoms with Gasteiger partial charge >= 0.3 is 0 Å². The van der Waals surface area contributed by atoms with E-state index in [1.807, 2.05) is 31.2 Å². The van der Waals surface area contributed by atoms with Crippen molar-refractivity contribution in [3.8, 4) is 11.5 Å². The van der Waals surface area contributed by atoms with Crippen molar-refractivity contribution in [3.63, 3.8) is 0 Å². The first-order valence-electron chi connectivity index (χ1n) is 8.66. The summed E-state index contributed by atoms with van der Waals surface area (Å²) in [7, 11) is 3.32. The number of Topliss-reactive ketones (excluding diaryl/α,β-unsaturated/α-hetero) is 1. The Labute approximate surface area is 149 Å². The van der Waals surface area contributed by atoms with Crippen LogP contribution in [0.2, 0.25) is 0 Å². The summed E-state index contributed by atoms with van der Waals surface area (Å²) in [6, 6.07) is 11.9. The minimum Gasteiger partial charge on any atom is -0.493 e. The number of hydrogen-bond donors (Lipinski definition) is 0. The van der Waals surface area contributed by atoms with Gasteiger partial charge in [0.15, 0.2) is 17.3 Å². The predicted octanol–water partition coefficient (Wildman–Crippen LogP) is 3.64. The molecule has 0 N–H and O–H groups in total. The third kappa shape index (κ3) is 4.02. The Morgan fingerprint density at radius 1 is 1.04 bits per heavy atom. The lowest BCUT2D eigenvalue weighted by molar-refractivity contribution is 0.0960. The SMILES string of the molecule is COc1cc2c(cc1OC)CN(CCC(=O)c1ccc(C)cc1)CC2. The molecule has 0 saturated carbocycles. The molecule has 0 aliphatic carbocycles. The highest BCUT2D eigenvalue weighted by molar-refractivity contribution is 5.96. The molecule has 0 amide bonds. The third-order valence-electron chi connectivity index (χ3n) is 4.83. The monoisotopic (exact) mass is 339 g/mol. The number of carbonyl (C=O) groups excluding carboxylic acids is 1. The Bertz CT molecular complexity index is 752. The van der Waals surface area contributed by atoms with Crippen molar-refractivity contribution < 1.29 is 14.3 Å². The Morgan fingerprint density at radius 3 is 2.32 bits per heavy atom. The zero-order valence-electron chi connectivity index (χ0n) is 15.2. The minimum atomic E-state index is 0.207. The maximum absolute atomic E-state index is 12.4. The van der Waals surface area contributed by atoms with Crippen molar-refractivity contribution >= 4 is 5.78 Å². The molecule has 0 unspecified atom stereocenters. The van der Waals surface area contributed by atoms with Gasteiger partial charge in [-0.2, -0.15) is 0 Å². The fourth-order valence-electron chi connectivity index (χ4n) is 3.28. The topological polar surface area (TPSA) is 38.8 Å². The minimum absolute atomic E-state index is 0.207. The van der Waals surface area contributed by atoms with Crippen LogP contribution < -0.4 is 9.47 Å². The fraction of sp³-hybridized carbons (Fsp3) is 0.381. The van der Waals surface area contributed by atoms with Gasteiger partial charge in [-0.15, -0.1) is 0 Å². The third-order valence-corrected chi connectivity index (χ3v) is 4.83. The van der Waals surface area contributed by atoms with Crippen LogP contribution in [0.1, 0.15) is 33.5 Å². The number of ketones is 1. The molecule has 0 atom stereocenters. The predicted molar refractivity (Wildman–Crippen MR) is 98.7 cm³/mol. The fourth-order valence-corrected chi connectivity index (χ4v) is 3.28. The second kappa shape index (κ2) is 7.70. The molecule has 0 spiro atoms. The van der Waals surface area contributed by atoms with Crippen LogP contribution in [0.5, 0.6) is 11.5 Å². The Kier molecular flexibility index (Phi) is 5.39. The Balaban J connectivity index is 1.63. The number of aryl methyl sites for hydroxylation is 1. The van der Waals surface area contributed by atoms with Gasteiger partial charge in [-0.05, 0) is 36.6 Å². The molecule has 0 aromatic heterocycles. The average Bonchev–Trinajstić information content (AvgIpc) is 2.65. The van der Waals surface area contributed by atoms with Gasteiger partial charge in [0.05, 0.1) is 14.2 Å². The molecule has 132 valence electrons. The van der Waals surface area contributed by atoms with E-state index in [1.54, 1.807) is 14.2 Å². The largest absolute Gasteiger partial charge is 0.493 e. The summed E-state index contributed by atoms with van der Waals surface area (Å²) in [4.78, 5) is 14.7. The number of carbonyl (C=O) groups is 1. The molecule has 0 fully saturated rings. The molecular formula is C21H25NO3. The molecule has 25 heavy (non-hydrogen) atoms. The maximum atomic E-state index is 12.4. The van der Waals surface area contributed by atoms with Crippen LogP contribution in [0.3, 0.4) is 0 Å². The smallest absolute Gasteiger partial charge is 0.164 e. The zero-order valence-corrected chi connectivity index (χ0v) is 15.2. The van der Waals surface area contributed by atoms with E-state index in [4.69, 9.17) is 9.47 Å². The summed E-state index contributed by atoms with van der Waals surface area (Å²) < 4.78 is 10.8. The summed E-state index contributed by atoms with van der Waals surface area (Å²) in [5, 5.41) is 0. The lowest BCUT2D eigenvalue weighted by atomic mass is 9.98. The molecular weight excluding hydrogens is 314 g/mol. The highest BCUT2D eigenvalue weighted by Crippen LogP contribution is 2.33. The lowest BCUT2D eigenvalue weighted by Crippen LogP contribution is -2.32. The molecule has 2 aromatic carbocycles. The van der Waals surface area contributed by atoms with E-state index in [0.717, 1.165) is 43.1 Å². The van der Waals surface area contributed by atoms with E-state index in [-0.39, 0.29) is 5.78 Å². The standard InChI is InChI=1S/C21H25NO3/c1-15-4-6-16(7-5-15)19(23)9-11-22-10-8-17-12-20(24-2)21(25-3)13-18(17)14-22/h4-7,12-13H,8-11,14H2,1-3H3. The van der Waals surface area contributed by atoms with E-state index >= 15 is 0 Å². The van der Waals surface area contributed by atoms with Gasteiger partial charge in [0.1, 0.15) is 0 Å². The number of benzene rings is 2. The zero-order chi connectivity index (χ0) is 17.8. The van der Waals surface area contributed by atoms with Crippen LogP contribution in [-0.4, -0.2) is 38.0 Å². The number of hydrogen-bond acceptors (Lipinski definition) is 4. The van der Waals surface area contributed by atoms with Crippen molar-refractivity contribution in [2.45, 2.75) is 26.3 Å². The molecule has 0 radical (unpaired) electrons. The van der Waals surface area contributed by atoms with Crippen LogP contribution in [0.4, 0.5) is 0 Å². The van der Waals surface area contributed by atoms with Crippen molar-refractivity contribution in [3.05, 3.63) is 58.7 Å². The van der Waals surface area contributed by atoms with Gasteiger partial charge in [-0.25, -0.2) is 0 Å². The Morgan fingerprint density at radius 2 is 1.68 bits per heavy atom. The number of nitrogens with zero attached hydrogens (tertiary/aromatic N) is 1. The summed E-state index contributed by atoms with van der Waals surface area (Å²) >= 11 is 0. The van der Waals surface area contributed by atoms with Gasteiger partial charge in [-0.1, -0.05) is 29.8 Å². The summed E-state index contributed by atoms with van der Waals surface area (Å²) in [6.45, 7) is 4.61. The molecule has 3 rings (SSSR count). The van der Waals surface area contributed by atoms with E-state index < -0.39 is 0 Å². The van der Waals surface area contributed by atoms with Crippen LogP contribution in [0.15, 0.2) is 36.4 Å². The normalized spacial score (nSPS) is 14.0. The molecule has 1 aliphatic rings.